The fourth-order valence-corrected chi connectivity index (χ4v) is 3.15. The van der Waals surface area contributed by atoms with Crippen LogP contribution < -0.4 is 10.6 Å². The summed E-state index contributed by atoms with van der Waals surface area (Å²) in [6, 6.07) is 7.95. The molecule has 0 spiro atoms. The van der Waals surface area contributed by atoms with Gasteiger partial charge in [0, 0.05) is 17.5 Å². The van der Waals surface area contributed by atoms with Gasteiger partial charge in [-0.1, -0.05) is 43.0 Å². The van der Waals surface area contributed by atoms with E-state index in [9.17, 15) is 9.59 Å². The maximum atomic E-state index is 11.8. The zero-order chi connectivity index (χ0) is 16.5. The van der Waals surface area contributed by atoms with Crippen LogP contribution in [0.1, 0.15) is 50.5 Å². The smallest absolute Gasteiger partial charge is 0.239 e. The van der Waals surface area contributed by atoms with Gasteiger partial charge < -0.3 is 10.6 Å². The Morgan fingerprint density at radius 1 is 1.13 bits per heavy atom. The van der Waals surface area contributed by atoms with Gasteiger partial charge >= 0.3 is 0 Å². The molecule has 126 valence electrons. The summed E-state index contributed by atoms with van der Waals surface area (Å²) in [6.07, 6.45) is 7.71. The van der Waals surface area contributed by atoms with Crippen LogP contribution in [0.15, 0.2) is 24.3 Å². The lowest BCUT2D eigenvalue weighted by Gasteiger charge is -2.22. The summed E-state index contributed by atoms with van der Waals surface area (Å²) in [5.74, 6) is -0.161. The third-order valence-corrected chi connectivity index (χ3v) is 4.41. The first kappa shape index (κ1) is 17.8. The highest BCUT2D eigenvalue weighted by Gasteiger charge is 2.15. The molecular weight excluding hydrogens is 312 g/mol. The van der Waals surface area contributed by atoms with Crippen molar-refractivity contribution in [2.24, 2.45) is 0 Å². The third-order valence-electron chi connectivity index (χ3n) is 4.17. The first-order chi connectivity index (χ1) is 11.1. The summed E-state index contributed by atoms with van der Waals surface area (Å²) in [6.45, 7) is 0.0759. The van der Waals surface area contributed by atoms with Gasteiger partial charge in [-0.3, -0.25) is 9.59 Å². The Kier molecular flexibility index (Phi) is 7.40. The summed E-state index contributed by atoms with van der Waals surface area (Å²) < 4.78 is 0. The van der Waals surface area contributed by atoms with Crippen molar-refractivity contribution in [1.82, 2.24) is 10.6 Å². The lowest BCUT2D eigenvalue weighted by molar-refractivity contribution is -0.126. The number of hydrogen-bond acceptors (Lipinski definition) is 2. The minimum atomic E-state index is -0.0832. The second-order valence-electron chi connectivity index (χ2n) is 6.16. The molecule has 1 aliphatic carbocycles. The largest absolute Gasteiger partial charge is 0.352 e. The maximum Gasteiger partial charge on any atom is 0.239 e. The molecule has 1 saturated carbocycles. The summed E-state index contributed by atoms with van der Waals surface area (Å²) >= 11 is 5.93. The van der Waals surface area contributed by atoms with Crippen LogP contribution in [0.3, 0.4) is 0 Å². The van der Waals surface area contributed by atoms with Gasteiger partial charge in [0.25, 0.3) is 0 Å². The number of halogens is 1. The number of carbonyl (C=O) groups is 2. The molecule has 1 fully saturated rings. The van der Waals surface area contributed by atoms with Crippen LogP contribution in [0.4, 0.5) is 0 Å². The predicted molar refractivity (Wildman–Crippen MR) is 92.4 cm³/mol. The van der Waals surface area contributed by atoms with E-state index >= 15 is 0 Å². The van der Waals surface area contributed by atoms with Crippen molar-refractivity contribution in [3.8, 4) is 0 Å². The van der Waals surface area contributed by atoms with Gasteiger partial charge in [-0.05, 0) is 43.4 Å². The second kappa shape index (κ2) is 9.56. The highest BCUT2D eigenvalue weighted by atomic mass is 35.5. The molecule has 0 atom stereocenters. The molecule has 0 aromatic heterocycles. The van der Waals surface area contributed by atoms with E-state index in [4.69, 9.17) is 11.6 Å². The van der Waals surface area contributed by atoms with Gasteiger partial charge in [0.05, 0.1) is 6.54 Å². The highest BCUT2D eigenvalue weighted by Crippen LogP contribution is 2.17. The monoisotopic (exact) mass is 336 g/mol. The molecule has 0 heterocycles. The number of amides is 2. The van der Waals surface area contributed by atoms with Crippen LogP contribution in [0.25, 0.3) is 0 Å². The summed E-state index contributed by atoms with van der Waals surface area (Å²) in [5, 5.41) is 6.40. The quantitative estimate of drug-likeness (QED) is 0.803. The second-order valence-corrected chi connectivity index (χ2v) is 6.60. The van der Waals surface area contributed by atoms with Crippen LogP contribution in [-0.4, -0.2) is 24.4 Å². The molecule has 0 aliphatic heterocycles. The van der Waals surface area contributed by atoms with E-state index < -0.39 is 0 Å². The molecule has 1 aliphatic rings. The highest BCUT2D eigenvalue weighted by molar-refractivity contribution is 6.30. The summed E-state index contributed by atoms with van der Waals surface area (Å²) in [5.41, 5.74) is 1.13. The van der Waals surface area contributed by atoms with E-state index in [0.29, 0.717) is 11.4 Å². The number of rotatable bonds is 7. The average Bonchev–Trinajstić information content (AvgIpc) is 2.54. The van der Waals surface area contributed by atoms with Gasteiger partial charge in [0.15, 0.2) is 0 Å². The molecule has 1 aromatic rings. The normalized spacial score (nSPS) is 15.2. The Hall–Kier alpha value is -1.55. The molecule has 4 nitrogen and oxygen atoms in total. The van der Waals surface area contributed by atoms with Crippen molar-refractivity contribution >= 4 is 23.4 Å². The zero-order valence-corrected chi connectivity index (χ0v) is 14.2. The van der Waals surface area contributed by atoms with Gasteiger partial charge in [-0.25, -0.2) is 0 Å². The average molecular weight is 337 g/mol. The fraction of sp³-hybridized carbons (Fsp3) is 0.556. The molecule has 0 bridgehead atoms. The van der Waals surface area contributed by atoms with Gasteiger partial charge in [0.1, 0.15) is 0 Å². The third kappa shape index (κ3) is 7.04. The number of nitrogens with one attached hydrogen (secondary N) is 2. The molecule has 23 heavy (non-hydrogen) atoms. The molecule has 5 heteroatoms. The SMILES string of the molecule is O=C(CCCc1cccc(Cl)c1)NCC(=O)NC1CCCCC1. The van der Waals surface area contributed by atoms with Crippen molar-refractivity contribution in [3.63, 3.8) is 0 Å². The van der Waals surface area contributed by atoms with Crippen molar-refractivity contribution in [1.29, 1.82) is 0 Å². The summed E-state index contributed by atoms with van der Waals surface area (Å²) in [4.78, 5) is 23.6. The molecule has 2 rings (SSSR count). The Labute approximate surface area is 143 Å². The first-order valence-corrected chi connectivity index (χ1v) is 8.82. The Balaban J connectivity index is 1.58. The number of benzene rings is 1. The van der Waals surface area contributed by atoms with Gasteiger partial charge in [0.2, 0.25) is 11.8 Å². The van der Waals surface area contributed by atoms with E-state index in [1.165, 1.54) is 19.3 Å². The van der Waals surface area contributed by atoms with Crippen LogP contribution in [0.5, 0.6) is 0 Å². The molecule has 2 amide bonds. The van der Waals surface area contributed by atoms with E-state index in [1.54, 1.807) is 0 Å². The number of carbonyl (C=O) groups excluding carboxylic acids is 2. The standard InChI is InChI=1S/C18H25ClN2O2/c19-15-8-4-6-14(12-15)7-5-11-17(22)20-13-18(23)21-16-9-2-1-3-10-16/h4,6,8,12,16H,1-3,5,7,9-11,13H2,(H,20,22)(H,21,23). The van der Waals surface area contributed by atoms with E-state index in [0.717, 1.165) is 31.2 Å². The summed E-state index contributed by atoms with van der Waals surface area (Å²) in [7, 11) is 0. The number of hydrogen-bond donors (Lipinski definition) is 2. The lowest BCUT2D eigenvalue weighted by atomic mass is 9.95. The van der Waals surface area contributed by atoms with Gasteiger partial charge in [-0.15, -0.1) is 0 Å². The van der Waals surface area contributed by atoms with E-state index in [-0.39, 0.29) is 24.4 Å². The predicted octanol–water partition coefficient (Wildman–Crippen LogP) is 3.23. The zero-order valence-electron chi connectivity index (χ0n) is 13.4. The fourth-order valence-electron chi connectivity index (χ4n) is 2.94. The minimum absolute atomic E-state index is 0.0759. The first-order valence-electron chi connectivity index (χ1n) is 8.44. The molecule has 0 saturated heterocycles. The van der Waals surface area contributed by atoms with Crippen molar-refractivity contribution < 1.29 is 9.59 Å². The maximum absolute atomic E-state index is 11.8. The van der Waals surface area contributed by atoms with Crippen LogP contribution in [0.2, 0.25) is 5.02 Å². The minimum Gasteiger partial charge on any atom is -0.352 e. The molecule has 0 radical (unpaired) electrons. The number of aryl methyl sites for hydroxylation is 1. The van der Waals surface area contributed by atoms with Crippen LogP contribution >= 0.6 is 11.6 Å². The Bertz CT molecular complexity index is 528. The van der Waals surface area contributed by atoms with Crippen molar-refractivity contribution in [2.75, 3.05) is 6.54 Å². The van der Waals surface area contributed by atoms with E-state index in [2.05, 4.69) is 10.6 Å². The molecule has 0 unspecified atom stereocenters. The molecule has 1 aromatic carbocycles. The van der Waals surface area contributed by atoms with E-state index in [1.807, 2.05) is 24.3 Å². The Morgan fingerprint density at radius 3 is 2.65 bits per heavy atom. The molecule has 2 N–H and O–H groups in total. The topological polar surface area (TPSA) is 58.2 Å². The van der Waals surface area contributed by atoms with Crippen LogP contribution in [0, 0.1) is 0 Å². The van der Waals surface area contributed by atoms with Crippen molar-refractivity contribution in [2.45, 2.75) is 57.4 Å². The Morgan fingerprint density at radius 2 is 1.91 bits per heavy atom. The van der Waals surface area contributed by atoms with Gasteiger partial charge in [-0.2, -0.15) is 0 Å². The van der Waals surface area contributed by atoms with Crippen molar-refractivity contribution in [3.05, 3.63) is 34.9 Å². The van der Waals surface area contributed by atoms with Crippen LogP contribution in [-0.2, 0) is 16.0 Å². The molecular formula is C18H25ClN2O2. The lowest BCUT2D eigenvalue weighted by Crippen LogP contribution is -2.42.